The average molecular weight is 175 g/mol. The predicted molar refractivity (Wildman–Crippen MR) is 50.8 cm³/mol. The van der Waals surface area contributed by atoms with Crippen LogP contribution in [0.15, 0.2) is 0 Å². The molecule has 0 spiro atoms. The highest BCUT2D eigenvalue weighted by atomic mass is 35.5. The van der Waals surface area contributed by atoms with Gasteiger partial charge in [-0.3, -0.25) is 0 Å². The van der Waals surface area contributed by atoms with Crippen LogP contribution in [0.25, 0.3) is 0 Å². The van der Waals surface area contributed by atoms with Crippen LogP contribution in [0.5, 0.6) is 0 Å². The Morgan fingerprint density at radius 3 is 1.70 bits per heavy atom. The van der Waals surface area contributed by atoms with E-state index in [9.17, 15) is 0 Å². The summed E-state index contributed by atoms with van der Waals surface area (Å²) in [6.45, 7) is 11.1. The third kappa shape index (κ3) is 2.36. The Balaban J connectivity index is 4.51. The van der Waals surface area contributed by atoms with Crippen LogP contribution in [0.1, 0.15) is 20.8 Å². The zero-order chi connectivity index (χ0) is 8.41. The van der Waals surface area contributed by atoms with E-state index in [1.165, 1.54) is 0 Å². The molecule has 0 aliphatic carbocycles. The number of hydrogen-bond acceptors (Lipinski definition) is 0. The van der Waals surface area contributed by atoms with Crippen molar-refractivity contribution in [2.24, 2.45) is 0 Å². The lowest BCUT2D eigenvalue weighted by Crippen LogP contribution is -2.35. The Bertz CT molecular complexity index is 166. The SMILES string of the molecule is CC(C)(C)[Si](C)(C)C#CCl. The highest BCUT2D eigenvalue weighted by Gasteiger charge is 2.33. The van der Waals surface area contributed by atoms with Gasteiger partial charge < -0.3 is 0 Å². The van der Waals surface area contributed by atoms with Crippen LogP contribution in [0, 0.1) is 10.9 Å². The molecule has 0 aromatic carbocycles. The maximum absolute atomic E-state index is 5.37. The van der Waals surface area contributed by atoms with Gasteiger partial charge in [0, 0.05) is 0 Å². The lowest BCUT2D eigenvalue weighted by molar-refractivity contribution is 0.731. The third-order valence-electron chi connectivity index (χ3n) is 2.23. The Morgan fingerprint density at radius 1 is 1.20 bits per heavy atom. The van der Waals surface area contributed by atoms with Gasteiger partial charge in [0.25, 0.3) is 0 Å². The summed E-state index contributed by atoms with van der Waals surface area (Å²) in [7, 11) is -1.40. The molecular formula is C8H15ClSi. The molecule has 0 rings (SSSR count). The first kappa shape index (κ1) is 10.1. The van der Waals surface area contributed by atoms with Crippen molar-refractivity contribution in [3.63, 3.8) is 0 Å². The first-order valence-corrected chi connectivity index (χ1v) is 6.82. The molecule has 0 bridgehead atoms. The van der Waals surface area contributed by atoms with E-state index < -0.39 is 8.07 Å². The van der Waals surface area contributed by atoms with Gasteiger partial charge in [0.2, 0.25) is 0 Å². The van der Waals surface area contributed by atoms with Crippen LogP contribution in [0.4, 0.5) is 0 Å². The van der Waals surface area contributed by atoms with E-state index in [0.29, 0.717) is 5.04 Å². The summed E-state index contributed by atoms with van der Waals surface area (Å²) in [5.41, 5.74) is 3.12. The van der Waals surface area contributed by atoms with Gasteiger partial charge in [0.05, 0.1) is 0 Å². The van der Waals surface area contributed by atoms with Crippen molar-refractivity contribution < 1.29 is 0 Å². The molecule has 0 amide bonds. The highest BCUT2D eigenvalue weighted by Crippen LogP contribution is 2.34. The minimum Gasteiger partial charge on any atom is -0.114 e. The van der Waals surface area contributed by atoms with Crippen molar-refractivity contribution in [3.05, 3.63) is 0 Å². The van der Waals surface area contributed by atoms with Gasteiger partial charge in [-0.05, 0) is 22.0 Å². The van der Waals surface area contributed by atoms with Gasteiger partial charge in [0.1, 0.15) is 8.07 Å². The van der Waals surface area contributed by atoms with Gasteiger partial charge in [-0.25, -0.2) is 0 Å². The molecule has 0 aliphatic heterocycles. The molecule has 0 atom stereocenters. The molecule has 0 N–H and O–H groups in total. The van der Waals surface area contributed by atoms with Crippen molar-refractivity contribution in [3.8, 4) is 10.9 Å². The summed E-state index contributed by atoms with van der Waals surface area (Å²) in [6, 6.07) is 0. The fourth-order valence-corrected chi connectivity index (χ4v) is 1.63. The van der Waals surface area contributed by atoms with Crippen LogP contribution in [0.3, 0.4) is 0 Å². The molecular weight excluding hydrogens is 160 g/mol. The molecule has 0 aliphatic rings. The molecule has 0 nitrogen and oxygen atoms in total. The maximum Gasteiger partial charge on any atom is 0.139 e. The number of rotatable bonds is 0. The molecule has 0 saturated heterocycles. The Morgan fingerprint density at radius 2 is 1.60 bits per heavy atom. The van der Waals surface area contributed by atoms with Crippen molar-refractivity contribution in [2.45, 2.75) is 38.9 Å². The standard InChI is InChI=1S/C8H15ClSi/c1-8(2,3)10(4,5)7-6-9/h1-5H3. The van der Waals surface area contributed by atoms with Crippen molar-refractivity contribution >= 4 is 19.7 Å². The zero-order valence-electron chi connectivity index (χ0n) is 7.38. The molecule has 58 valence electrons. The van der Waals surface area contributed by atoms with Crippen LogP contribution in [-0.4, -0.2) is 8.07 Å². The summed E-state index contributed by atoms with van der Waals surface area (Å²) in [5.74, 6) is 0. The van der Waals surface area contributed by atoms with E-state index in [0.717, 1.165) is 0 Å². The van der Waals surface area contributed by atoms with E-state index in [4.69, 9.17) is 11.6 Å². The third-order valence-corrected chi connectivity index (χ3v) is 6.99. The second kappa shape index (κ2) is 2.98. The van der Waals surface area contributed by atoms with Crippen LogP contribution in [-0.2, 0) is 0 Å². The first-order chi connectivity index (χ1) is 4.31. The lowest BCUT2D eigenvalue weighted by atomic mass is 10.2. The Labute approximate surface area is 70.0 Å². The second-order valence-corrected chi connectivity index (χ2v) is 9.28. The molecule has 0 aromatic rings. The summed E-state index contributed by atoms with van der Waals surface area (Å²) in [5, 5.41) is 2.83. The normalized spacial score (nSPS) is 12.2. The van der Waals surface area contributed by atoms with Crippen molar-refractivity contribution in [2.75, 3.05) is 0 Å². The molecule has 0 unspecified atom stereocenters. The van der Waals surface area contributed by atoms with E-state index in [2.05, 4.69) is 44.8 Å². The summed E-state index contributed by atoms with van der Waals surface area (Å²) >= 11 is 5.37. The molecule has 10 heavy (non-hydrogen) atoms. The smallest absolute Gasteiger partial charge is 0.114 e. The molecule has 0 fully saturated rings. The van der Waals surface area contributed by atoms with Gasteiger partial charge in [-0.15, -0.1) is 5.54 Å². The van der Waals surface area contributed by atoms with E-state index in [1.54, 1.807) is 0 Å². The van der Waals surface area contributed by atoms with Crippen LogP contribution in [0.2, 0.25) is 18.1 Å². The molecule has 2 heteroatoms. The topological polar surface area (TPSA) is 0 Å². The van der Waals surface area contributed by atoms with Crippen molar-refractivity contribution in [1.29, 1.82) is 0 Å². The minimum absolute atomic E-state index is 0.328. The van der Waals surface area contributed by atoms with Crippen LogP contribution < -0.4 is 0 Å². The van der Waals surface area contributed by atoms with E-state index in [1.807, 2.05) is 0 Å². The van der Waals surface area contributed by atoms with Gasteiger partial charge in [-0.1, -0.05) is 33.9 Å². The fraction of sp³-hybridized carbons (Fsp3) is 0.750. The lowest BCUT2D eigenvalue weighted by Gasteiger charge is -2.31. The average Bonchev–Trinajstić information content (AvgIpc) is 1.61. The Hall–Kier alpha value is 0.0669. The molecule has 0 radical (unpaired) electrons. The monoisotopic (exact) mass is 174 g/mol. The van der Waals surface area contributed by atoms with Gasteiger partial charge >= 0.3 is 0 Å². The van der Waals surface area contributed by atoms with E-state index in [-0.39, 0.29) is 0 Å². The summed E-state index contributed by atoms with van der Waals surface area (Å²) < 4.78 is 0. The van der Waals surface area contributed by atoms with Crippen molar-refractivity contribution in [1.82, 2.24) is 0 Å². The molecule has 0 saturated carbocycles. The largest absolute Gasteiger partial charge is 0.139 e. The predicted octanol–water partition coefficient (Wildman–Crippen LogP) is 3.23. The molecule has 0 heterocycles. The molecule has 0 aromatic heterocycles. The first-order valence-electron chi connectivity index (χ1n) is 3.44. The number of hydrogen-bond donors (Lipinski definition) is 0. The highest BCUT2D eigenvalue weighted by molar-refractivity contribution is 6.88. The van der Waals surface area contributed by atoms with Gasteiger partial charge in [0.15, 0.2) is 0 Å². The second-order valence-electron chi connectivity index (χ2n) is 4.09. The number of halogens is 1. The van der Waals surface area contributed by atoms with E-state index >= 15 is 0 Å². The zero-order valence-corrected chi connectivity index (χ0v) is 9.13. The summed E-state index contributed by atoms with van der Waals surface area (Å²) in [4.78, 5) is 0. The van der Waals surface area contributed by atoms with Crippen LogP contribution >= 0.6 is 11.6 Å². The van der Waals surface area contributed by atoms with Gasteiger partial charge in [-0.2, -0.15) is 0 Å². The minimum atomic E-state index is -1.40. The quantitative estimate of drug-likeness (QED) is 0.391. The summed E-state index contributed by atoms with van der Waals surface area (Å²) in [6.07, 6.45) is 0. The maximum atomic E-state index is 5.37. The fourth-order valence-electron chi connectivity index (χ4n) is 0.306. The Kier molecular flexibility index (Phi) is 3.00.